The number of hydrogen-bond donors (Lipinski definition) is 1. The Morgan fingerprint density at radius 1 is 1.02 bits per heavy atom. The van der Waals surface area contributed by atoms with Gasteiger partial charge in [-0.2, -0.15) is 0 Å². The average molecular weight is 705 g/mol. The number of fused-ring (bicyclic) bond motifs is 1. The van der Waals surface area contributed by atoms with Crippen LogP contribution in [-0.2, 0) is 35.0 Å². The zero-order chi connectivity index (χ0) is 34.5. The Bertz CT molecular complexity index is 1300. The molecule has 1 aromatic heterocycles. The molecule has 1 atom stereocenters. The Labute approximate surface area is 294 Å². The van der Waals surface area contributed by atoms with E-state index in [-0.39, 0.29) is 42.0 Å². The highest BCUT2D eigenvalue weighted by atomic mass is 32.2. The molecule has 2 fully saturated rings. The molecule has 2 saturated heterocycles. The molecule has 3 aliphatic rings. The summed E-state index contributed by atoms with van der Waals surface area (Å²) >= 11 is 2.97. The summed E-state index contributed by atoms with van der Waals surface area (Å²) in [6.45, 7) is 18.8. The Morgan fingerprint density at radius 3 is 2.46 bits per heavy atom. The Morgan fingerprint density at radius 2 is 1.75 bits per heavy atom. The highest BCUT2D eigenvalue weighted by molar-refractivity contribution is 8.01. The summed E-state index contributed by atoms with van der Waals surface area (Å²) in [7, 11) is 0. The lowest BCUT2D eigenvalue weighted by Gasteiger charge is -2.38. The number of nitrogens with one attached hydrogen (secondary N) is 1. The van der Waals surface area contributed by atoms with Crippen molar-refractivity contribution in [1.29, 1.82) is 0 Å². The number of ether oxygens (including phenoxy) is 3. The second-order valence-electron chi connectivity index (χ2n) is 13.4. The van der Waals surface area contributed by atoms with Crippen LogP contribution in [-0.4, -0.2) is 144 Å². The molecular weight excluding hydrogens is 653 g/mol. The van der Waals surface area contributed by atoms with Crippen LogP contribution in [0.2, 0.25) is 0 Å². The number of amides is 1. The van der Waals surface area contributed by atoms with Gasteiger partial charge in [0.15, 0.2) is 0 Å². The van der Waals surface area contributed by atoms with Crippen LogP contribution in [0, 0.1) is 24.7 Å². The number of aromatic nitrogens is 2. The van der Waals surface area contributed by atoms with E-state index >= 15 is 0 Å². The second kappa shape index (κ2) is 19.1. The van der Waals surface area contributed by atoms with Gasteiger partial charge in [0.05, 0.1) is 37.3 Å². The first-order valence-electron chi connectivity index (χ1n) is 17.0. The molecule has 0 aliphatic carbocycles. The molecule has 1 amide bonds. The minimum Gasteiger partial charge on any atom is -0.465 e. The molecule has 0 radical (unpaired) electrons. The highest BCUT2D eigenvalue weighted by Crippen LogP contribution is 2.39. The first-order chi connectivity index (χ1) is 23.0. The Kier molecular flexibility index (Phi) is 15.3. The lowest BCUT2D eigenvalue weighted by molar-refractivity contribution is -0.151. The van der Waals surface area contributed by atoms with Crippen LogP contribution in [0.3, 0.4) is 0 Å². The molecule has 48 heavy (non-hydrogen) atoms. The van der Waals surface area contributed by atoms with Gasteiger partial charge in [0.25, 0.3) is 0 Å². The first kappa shape index (κ1) is 38.4. The maximum atomic E-state index is 12.3. The van der Waals surface area contributed by atoms with Gasteiger partial charge in [0.2, 0.25) is 5.91 Å². The van der Waals surface area contributed by atoms with Crippen LogP contribution in [0.25, 0.3) is 0 Å². The fraction of sp³-hybridized carbons (Fsp3) is 0.735. The van der Waals surface area contributed by atoms with Crippen molar-refractivity contribution in [3.8, 4) is 11.8 Å². The third kappa shape index (κ3) is 13.5. The molecule has 0 saturated carbocycles. The van der Waals surface area contributed by atoms with Gasteiger partial charge < -0.3 is 29.3 Å². The van der Waals surface area contributed by atoms with Crippen molar-refractivity contribution in [1.82, 2.24) is 30.0 Å². The predicted molar refractivity (Wildman–Crippen MR) is 187 cm³/mol. The fourth-order valence-corrected chi connectivity index (χ4v) is 7.97. The van der Waals surface area contributed by atoms with Crippen molar-refractivity contribution in [2.24, 2.45) is 5.92 Å². The summed E-state index contributed by atoms with van der Waals surface area (Å²) in [5, 5.41) is 4.54. The van der Waals surface area contributed by atoms with E-state index in [9.17, 15) is 14.4 Å². The summed E-state index contributed by atoms with van der Waals surface area (Å²) in [6, 6.07) is 0. The lowest BCUT2D eigenvalue weighted by atomic mass is 9.96. The summed E-state index contributed by atoms with van der Waals surface area (Å²) in [5.41, 5.74) is 0.494. The quantitative estimate of drug-likeness (QED) is 0.100. The van der Waals surface area contributed by atoms with E-state index in [2.05, 4.69) is 41.8 Å². The van der Waals surface area contributed by atoms with Gasteiger partial charge in [-0.15, -0.1) is 0 Å². The van der Waals surface area contributed by atoms with E-state index in [0.717, 1.165) is 68.0 Å². The van der Waals surface area contributed by atoms with E-state index in [1.165, 1.54) is 24.6 Å². The van der Waals surface area contributed by atoms with Gasteiger partial charge in [0.1, 0.15) is 28.1 Å². The molecule has 1 unspecified atom stereocenters. The number of nitrogens with zero attached hydrogens (tertiary/aromatic N) is 5. The number of piperidine rings is 1. The van der Waals surface area contributed by atoms with Gasteiger partial charge in [-0.1, -0.05) is 35.4 Å². The molecule has 14 heteroatoms. The number of rotatable bonds is 14. The van der Waals surface area contributed by atoms with Crippen LogP contribution < -0.4 is 5.32 Å². The maximum absolute atomic E-state index is 12.3. The van der Waals surface area contributed by atoms with Crippen LogP contribution in [0.5, 0.6) is 0 Å². The number of hydrogen-bond acceptors (Lipinski definition) is 13. The number of esters is 2. The maximum Gasteiger partial charge on any atom is 0.320 e. The SMILES string of the molecule is CCOC(=O)CN1CCN(CC2CCN(CCOCC(=O)NCC#CC3Cc4c(SCC(=O)OC(C)(C)C)nc(C)nc4S3)CC2)CC1. The van der Waals surface area contributed by atoms with Crippen molar-refractivity contribution in [3.63, 3.8) is 0 Å². The van der Waals surface area contributed by atoms with E-state index in [1.54, 1.807) is 11.8 Å². The molecular formula is C34H52N6O6S2. The molecule has 12 nitrogen and oxygen atoms in total. The van der Waals surface area contributed by atoms with E-state index in [0.29, 0.717) is 37.9 Å². The number of carbonyl (C=O) groups is 3. The summed E-state index contributed by atoms with van der Waals surface area (Å²) in [5.74, 6) is 7.29. The summed E-state index contributed by atoms with van der Waals surface area (Å²) < 4.78 is 16.2. The van der Waals surface area contributed by atoms with Crippen LogP contribution in [0.15, 0.2) is 10.1 Å². The third-order valence-corrected chi connectivity index (χ3v) is 10.3. The standard InChI is InChI=1S/C34H52N6O6S2/c1-6-45-30(42)22-40-16-14-39(15-17-40)21-26-9-12-38(13-10-26)18-19-44-23-29(41)35-11-7-8-27-20-28-32(36-25(2)37-33(28)48-27)47-24-31(43)46-34(3,4)5/h26-27H,6,9-24H2,1-5H3,(H,35,41). The molecule has 0 bridgehead atoms. The van der Waals surface area contributed by atoms with Crippen molar-refractivity contribution in [2.45, 2.75) is 74.8 Å². The zero-order valence-corrected chi connectivity index (χ0v) is 30.8. The Hall–Kier alpha value is -2.41. The smallest absolute Gasteiger partial charge is 0.320 e. The van der Waals surface area contributed by atoms with Crippen LogP contribution in [0.4, 0.5) is 0 Å². The number of aryl methyl sites for hydroxylation is 1. The van der Waals surface area contributed by atoms with Gasteiger partial charge >= 0.3 is 11.9 Å². The van der Waals surface area contributed by atoms with E-state index < -0.39 is 5.60 Å². The molecule has 4 rings (SSSR count). The molecule has 266 valence electrons. The van der Waals surface area contributed by atoms with E-state index in [4.69, 9.17) is 14.2 Å². The van der Waals surface area contributed by atoms with Crippen molar-refractivity contribution >= 4 is 41.4 Å². The number of thioether (sulfide) groups is 2. The predicted octanol–water partition coefficient (Wildman–Crippen LogP) is 2.26. The molecule has 1 aromatic rings. The molecule has 0 aromatic carbocycles. The van der Waals surface area contributed by atoms with E-state index in [1.807, 2.05) is 34.6 Å². The fourth-order valence-electron chi connectivity index (χ4n) is 5.87. The van der Waals surface area contributed by atoms with Crippen LogP contribution in [0.1, 0.15) is 51.9 Å². The molecule has 1 N–H and O–H groups in total. The van der Waals surface area contributed by atoms with Crippen molar-refractivity contribution < 1.29 is 28.6 Å². The summed E-state index contributed by atoms with van der Waals surface area (Å²) in [6.07, 6.45) is 3.03. The van der Waals surface area contributed by atoms with Gasteiger partial charge in [-0.3, -0.25) is 19.3 Å². The third-order valence-electron chi connectivity index (χ3n) is 8.20. The minimum absolute atomic E-state index is 0.0160. The van der Waals surface area contributed by atoms with Gasteiger partial charge in [-0.05, 0) is 66.5 Å². The average Bonchev–Trinajstić information content (AvgIpc) is 3.44. The van der Waals surface area contributed by atoms with Gasteiger partial charge in [-0.25, -0.2) is 9.97 Å². The molecule has 4 heterocycles. The minimum atomic E-state index is -0.522. The monoisotopic (exact) mass is 704 g/mol. The topological polar surface area (TPSA) is 126 Å². The lowest BCUT2D eigenvalue weighted by Crippen LogP contribution is -2.50. The number of carbonyl (C=O) groups excluding carboxylic acids is 3. The van der Waals surface area contributed by atoms with Crippen molar-refractivity contribution in [2.75, 3.05) is 91.0 Å². The summed E-state index contributed by atoms with van der Waals surface area (Å²) in [4.78, 5) is 52.5. The first-order valence-corrected chi connectivity index (χ1v) is 18.9. The molecule has 0 spiro atoms. The highest BCUT2D eigenvalue weighted by Gasteiger charge is 2.28. The Balaban J connectivity index is 1.05. The second-order valence-corrected chi connectivity index (χ2v) is 15.5. The number of likely N-dealkylation sites (tertiary alicyclic amines) is 1. The van der Waals surface area contributed by atoms with Gasteiger partial charge in [0, 0.05) is 51.3 Å². The number of piperazine rings is 1. The largest absolute Gasteiger partial charge is 0.465 e. The normalized spacial score (nSPS) is 19.3. The van der Waals surface area contributed by atoms with Crippen LogP contribution >= 0.6 is 23.5 Å². The van der Waals surface area contributed by atoms with Crippen molar-refractivity contribution in [3.05, 3.63) is 11.4 Å². The molecule has 3 aliphatic heterocycles. The zero-order valence-electron chi connectivity index (χ0n) is 29.2.